The molecule has 1 aromatic heterocycles. The van der Waals surface area contributed by atoms with Crippen LogP contribution in [0, 0.1) is 10.5 Å². The Bertz CT molecular complexity index is 543. The number of aliphatic hydroxyl groups is 2. The van der Waals surface area contributed by atoms with Crippen molar-refractivity contribution in [1.82, 2.24) is 9.55 Å². The summed E-state index contributed by atoms with van der Waals surface area (Å²) < 4.78 is 19.0. The maximum absolute atomic E-state index is 13.2. The van der Waals surface area contributed by atoms with Crippen LogP contribution in [-0.4, -0.2) is 38.1 Å². The first kappa shape index (κ1) is 12.4. The highest BCUT2D eigenvalue weighted by Gasteiger charge is 2.41. The van der Waals surface area contributed by atoms with Gasteiger partial charge in [-0.3, -0.25) is 9.55 Å². The van der Waals surface area contributed by atoms with E-state index in [1.165, 1.54) is 0 Å². The Morgan fingerprint density at radius 2 is 2.18 bits per heavy atom. The highest BCUT2D eigenvalue weighted by Crippen LogP contribution is 2.27. The summed E-state index contributed by atoms with van der Waals surface area (Å²) in [7, 11) is 0. The summed E-state index contributed by atoms with van der Waals surface area (Å²) in [5, 5.41) is 19.2. The number of hydrogen-bond acceptors (Lipinski definition) is 5. The van der Waals surface area contributed by atoms with E-state index < -0.39 is 36.0 Å². The van der Waals surface area contributed by atoms with E-state index in [1.807, 2.05) is 0 Å². The molecule has 17 heavy (non-hydrogen) atoms. The van der Waals surface area contributed by atoms with Crippen LogP contribution in [0.4, 0.5) is 4.39 Å². The quantitative estimate of drug-likeness (QED) is 0.604. The number of aliphatic hydroxyl groups excluding tert-OH is 2. The van der Waals surface area contributed by atoms with Crippen molar-refractivity contribution < 1.29 is 19.3 Å². The SMILES string of the molecule is C[C@H]1O[C@@H](n2cc(F)c(=S)[nH]c2=O)[C@H](O)[C@@H]1O. The van der Waals surface area contributed by atoms with E-state index in [1.54, 1.807) is 6.92 Å². The molecule has 0 aromatic carbocycles. The zero-order valence-corrected chi connectivity index (χ0v) is 9.65. The lowest BCUT2D eigenvalue weighted by atomic mass is 10.1. The number of rotatable bonds is 1. The van der Waals surface area contributed by atoms with Crippen molar-refractivity contribution in [3.05, 3.63) is 27.1 Å². The second kappa shape index (κ2) is 4.30. The lowest BCUT2D eigenvalue weighted by Crippen LogP contribution is -2.35. The van der Waals surface area contributed by atoms with Gasteiger partial charge in [0.2, 0.25) is 0 Å². The predicted octanol–water partition coefficient (Wildman–Crippen LogP) is -0.316. The number of nitrogens with zero attached hydrogens (tertiary/aromatic N) is 1. The fourth-order valence-corrected chi connectivity index (χ4v) is 1.85. The molecule has 1 fully saturated rings. The second-order valence-corrected chi connectivity index (χ2v) is 4.26. The van der Waals surface area contributed by atoms with Crippen molar-refractivity contribution in [3.63, 3.8) is 0 Å². The summed E-state index contributed by atoms with van der Waals surface area (Å²) in [6.07, 6.45) is -3.36. The second-order valence-electron chi connectivity index (χ2n) is 3.86. The van der Waals surface area contributed by atoms with E-state index in [0.29, 0.717) is 0 Å². The van der Waals surface area contributed by atoms with Crippen molar-refractivity contribution >= 4 is 12.2 Å². The number of aromatic amines is 1. The van der Waals surface area contributed by atoms with Crippen molar-refractivity contribution in [2.45, 2.75) is 31.5 Å². The minimum Gasteiger partial charge on any atom is -0.388 e. The normalized spacial score (nSPS) is 32.9. The topological polar surface area (TPSA) is 87.5 Å². The molecular formula is C9H11FN2O4S. The summed E-state index contributed by atoms with van der Waals surface area (Å²) in [6.45, 7) is 1.54. The molecule has 0 unspecified atom stereocenters. The number of H-pyrrole nitrogens is 1. The first-order valence-electron chi connectivity index (χ1n) is 4.94. The van der Waals surface area contributed by atoms with E-state index in [-0.39, 0.29) is 4.64 Å². The van der Waals surface area contributed by atoms with Gasteiger partial charge >= 0.3 is 5.69 Å². The molecule has 1 aromatic rings. The molecule has 2 heterocycles. The molecule has 3 N–H and O–H groups in total. The van der Waals surface area contributed by atoms with Gasteiger partial charge in [-0.2, -0.15) is 0 Å². The molecule has 8 heteroatoms. The van der Waals surface area contributed by atoms with Gasteiger partial charge in [-0.1, -0.05) is 12.2 Å². The van der Waals surface area contributed by atoms with Gasteiger partial charge in [-0.05, 0) is 6.92 Å². The summed E-state index contributed by atoms with van der Waals surface area (Å²) in [4.78, 5) is 13.6. The molecule has 1 aliphatic rings. The molecule has 0 radical (unpaired) electrons. The maximum atomic E-state index is 13.2. The Balaban J connectivity index is 2.46. The molecule has 0 saturated carbocycles. The van der Waals surface area contributed by atoms with Gasteiger partial charge in [0, 0.05) is 0 Å². The Morgan fingerprint density at radius 1 is 1.53 bits per heavy atom. The van der Waals surface area contributed by atoms with Gasteiger partial charge in [0.05, 0.1) is 12.3 Å². The molecule has 6 nitrogen and oxygen atoms in total. The number of hydrogen-bond donors (Lipinski definition) is 3. The Hall–Kier alpha value is -1.09. The number of ether oxygens (including phenoxy) is 1. The molecular weight excluding hydrogens is 251 g/mol. The molecule has 0 amide bonds. The third kappa shape index (κ3) is 2.04. The van der Waals surface area contributed by atoms with E-state index in [4.69, 9.17) is 4.74 Å². The van der Waals surface area contributed by atoms with Gasteiger partial charge in [0.25, 0.3) is 0 Å². The third-order valence-electron chi connectivity index (χ3n) is 2.68. The molecule has 0 aliphatic carbocycles. The molecule has 0 bridgehead atoms. The fraction of sp³-hybridized carbons (Fsp3) is 0.556. The summed E-state index contributed by atoms with van der Waals surface area (Å²) in [5.74, 6) is -0.801. The first-order chi connectivity index (χ1) is 7.91. The van der Waals surface area contributed by atoms with Crippen LogP contribution in [0.25, 0.3) is 0 Å². The van der Waals surface area contributed by atoms with Crippen LogP contribution >= 0.6 is 12.2 Å². The number of halogens is 1. The highest BCUT2D eigenvalue weighted by atomic mass is 32.1. The highest BCUT2D eigenvalue weighted by molar-refractivity contribution is 7.71. The van der Waals surface area contributed by atoms with Crippen LogP contribution in [0.5, 0.6) is 0 Å². The van der Waals surface area contributed by atoms with Gasteiger partial charge in [0.1, 0.15) is 16.8 Å². The van der Waals surface area contributed by atoms with E-state index in [0.717, 1.165) is 10.8 Å². The van der Waals surface area contributed by atoms with Gasteiger partial charge in [-0.15, -0.1) is 0 Å². The summed E-state index contributed by atoms with van der Waals surface area (Å²) >= 11 is 4.55. The Kier molecular flexibility index (Phi) is 3.13. The molecule has 2 rings (SSSR count). The molecule has 0 spiro atoms. The van der Waals surface area contributed by atoms with Crippen LogP contribution in [-0.2, 0) is 4.74 Å². The standard InChI is InChI=1S/C9H11FN2O4S/c1-3-5(13)6(14)8(16-3)12-2-4(10)7(17)11-9(12)15/h2-3,5-6,8,13-14H,1H3,(H,11,15,17)/t3-,5-,6-,8-/m1/s1. The van der Waals surface area contributed by atoms with Crippen LogP contribution in [0.15, 0.2) is 11.0 Å². The van der Waals surface area contributed by atoms with Crippen LogP contribution < -0.4 is 5.69 Å². The van der Waals surface area contributed by atoms with Gasteiger partial charge in [0.15, 0.2) is 12.0 Å². The van der Waals surface area contributed by atoms with E-state index in [2.05, 4.69) is 17.2 Å². The van der Waals surface area contributed by atoms with E-state index in [9.17, 15) is 19.4 Å². The average Bonchev–Trinajstić information content (AvgIpc) is 2.51. The summed E-state index contributed by atoms with van der Waals surface area (Å²) in [6, 6.07) is 0. The lowest BCUT2D eigenvalue weighted by molar-refractivity contribution is -0.0356. The van der Waals surface area contributed by atoms with Crippen LogP contribution in [0.3, 0.4) is 0 Å². The molecule has 4 atom stereocenters. The molecule has 1 saturated heterocycles. The largest absolute Gasteiger partial charge is 0.388 e. The zero-order valence-electron chi connectivity index (χ0n) is 8.83. The van der Waals surface area contributed by atoms with Gasteiger partial charge in [-0.25, -0.2) is 9.18 Å². The van der Waals surface area contributed by atoms with Crippen molar-refractivity contribution in [2.75, 3.05) is 0 Å². The predicted molar refractivity (Wildman–Crippen MR) is 57.4 cm³/mol. The number of aromatic nitrogens is 2. The van der Waals surface area contributed by atoms with Crippen molar-refractivity contribution in [2.24, 2.45) is 0 Å². The Morgan fingerprint density at radius 3 is 2.71 bits per heavy atom. The third-order valence-corrected chi connectivity index (χ3v) is 2.97. The molecule has 1 aliphatic heterocycles. The van der Waals surface area contributed by atoms with E-state index >= 15 is 0 Å². The zero-order chi connectivity index (χ0) is 12.7. The Labute approximate surface area is 100 Å². The monoisotopic (exact) mass is 262 g/mol. The maximum Gasteiger partial charge on any atom is 0.328 e. The van der Waals surface area contributed by atoms with Crippen LogP contribution in [0.2, 0.25) is 0 Å². The summed E-state index contributed by atoms with van der Waals surface area (Å²) in [5.41, 5.74) is -0.707. The van der Waals surface area contributed by atoms with Crippen LogP contribution in [0.1, 0.15) is 13.2 Å². The van der Waals surface area contributed by atoms with Gasteiger partial charge < -0.3 is 14.9 Å². The van der Waals surface area contributed by atoms with Crippen molar-refractivity contribution in [3.8, 4) is 0 Å². The average molecular weight is 262 g/mol. The smallest absolute Gasteiger partial charge is 0.328 e. The van der Waals surface area contributed by atoms with Crippen molar-refractivity contribution in [1.29, 1.82) is 0 Å². The molecule has 94 valence electrons. The number of nitrogens with one attached hydrogen (secondary N) is 1. The fourth-order valence-electron chi connectivity index (χ4n) is 1.71. The minimum absolute atomic E-state index is 0.313. The lowest BCUT2D eigenvalue weighted by Gasteiger charge is -2.17. The first-order valence-corrected chi connectivity index (χ1v) is 5.35. The minimum atomic E-state index is -1.30.